The first-order chi connectivity index (χ1) is 9.52. The van der Waals surface area contributed by atoms with E-state index in [4.69, 9.17) is 0 Å². The second-order valence-electron chi connectivity index (χ2n) is 4.67. The molecule has 1 aromatic rings. The van der Waals surface area contributed by atoms with Crippen molar-refractivity contribution >= 4 is 17.7 Å². The van der Waals surface area contributed by atoms with Gasteiger partial charge in [-0.15, -0.1) is 0 Å². The summed E-state index contributed by atoms with van der Waals surface area (Å²) in [4.78, 5) is 21.5. The van der Waals surface area contributed by atoms with Crippen LogP contribution in [0.1, 0.15) is 19.2 Å². The molecule has 0 spiro atoms. The zero-order valence-corrected chi connectivity index (χ0v) is 12.7. The lowest BCUT2D eigenvalue weighted by atomic mass is 10.4. The third-order valence-electron chi connectivity index (χ3n) is 2.51. The fraction of sp³-hybridized carbons (Fsp3) is 0.615. The van der Waals surface area contributed by atoms with Crippen molar-refractivity contribution in [1.82, 2.24) is 20.2 Å². The summed E-state index contributed by atoms with van der Waals surface area (Å²) in [6.07, 6.45) is 1.04. The van der Waals surface area contributed by atoms with Gasteiger partial charge in [0.2, 0.25) is 0 Å². The van der Waals surface area contributed by atoms with Crippen molar-refractivity contribution < 1.29 is 4.79 Å². The van der Waals surface area contributed by atoms with E-state index in [9.17, 15) is 4.79 Å². The molecule has 7 heteroatoms. The minimum atomic E-state index is -0.101. The van der Waals surface area contributed by atoms with Gasteiger partial charge in [0, 0.05) is 39.8 Å². The molecule has 20 heavy (non-hydrogen) atoms. The molecule has 2 amide bonds. The van der Waals surface area contributed by atoms with Crippen molar-refractivity contribution in [3.63, 3.8) is 0 Å². The van der Waals surface area contributed by atoms with E-state index < -0.39 is 0 Å². The Morgan fingerprint density at radius 1 is 1.15 bits per heavy atom. The minimum Gasteiger partial charge on any atom is -0.370 e. The number of rotatable bonds is 7. The Bertz CT molecular complexity index is 435. The van der Waals surface area contributed by atoms with Crippen LogP contribution >= 0.6 is 0 Å². The van der Waals surface area contributed by atoms with E-state index in [1.807, 2.05) is 13.0 Å². The molecule has 1 rings (SSSR count). The van der Waals surface area contributed by atoms with Gasteiger partial charge in [0.05, 0.1) is 0 Å². The highest BCUT2D eigenvalue weighted by molar-refractivity contribution is 5.73. The molecule has 1 heterocycles. The summed E-state index contributed by atoms with van der Waals surface area (Å²) in [6, 6.07) is 1.77. The van der Waals surface area contributed by atoms with Crippen LogP contribution in [-0.4, -0.2) is 54.6 Å². The monoisotopic (exact) mass is 280 g/mol. The molecule has 112 valence electrons. The molecule has 7 nitrogen and oxygen atoms in total. The number of hydrogen-bond donors (Lipinski definition) is 3. The molecule has 0 saturated heterocycles. The van der Waals surface area contributed by atoms with Crippen molar-refractivity contribution in [2.24, 2.45) is 0 Å². The molecule has 0 radical (unpaired) electrons. The fourth-order valence-corrected chi connectivity index (χ4v) is 1.52. The number of anilines is 2. The van der Waals surface area contributed by atoms with Crippen molar-refractivity contribution in [3.05, 3.63) is 11.9 Å². The Labute approximate surface area is 120 Å². The first kappa shape index (κ1) is 16.0. The van der Waals surface area contributed by atoms with Crippen molar-refractivity contribution in [2.45, 2.75) is 20.3 Å². The van der Waals surface area contributed by atoms with E-state index in [2.05, 4.69) is 32.8 Å². The molecule has 0 aliphatic heterocycles. The molecule has 0 unspecified atom stereocenters. The molecule has 0 saturated carbocycles. The largest absolute Gasteiger partial charge is 0.370 e. The topological polar surface area (TPSA) is 82.2 Å². The molecule has 3 N–H and O–H groups in total. The van der Waals surface area contributed by atoms with Crippen LogP contribution in [-0.2, 0) is 0 Å². The fourth-order valence-electron chi connectivity index (χ4n) is 1.52. The summed E-state index contributed by atoms with van der Waals surface area (Å²) >= 11 is 0. The van der Waals surface area contributed by atoms with Gasteiger partial charge in [-0.25, -0.2) is 14.8 Å². The maximum Gasteiger partial charge on any atom is 0.316 e. The van der Waals surface area contributed by atoms with Crippen molar-refractivity contribution in [1.29, 1.82) is 0 Å². The molecule has 1 aromatic heterocycles. The van der Waals surface area contributed by atoms with Crippen LogP contribution in [0.3, 0.4) is 0 Å². The second kappa shape index (κ2) is 8.19. The predicted molar refractivity (Wildman–Crippen MR) is 81.1 cm³/mol. The number of carbonyl (C=O) groups excluding carboxylic acids is 1. The number of carbonyl (C=O) groups is 1. The first-order valence-electron chi connectivity index (χ1n) is 6.81. The Morgan fingerprint density at radius 2 is 1.75 bits per heavy atom. The lowest BCUT2D eigenvalue weighted by Gasteiger charge is -2.13. The highest BCUT2D eigenvalue weighted by Crippen LogP contribution is 2.10. The van der Waals surface area contributed by atoms with Crippen molar-refractivity contribution in [2.75, 3.05) is 44.4 Å². The van der Waals surface area contributed by atoms with Gasteiger partial charge < -0.3 is 20.9 Å². The molecular weight excluding hydrogens is 256 g/mol. The van der Waals surface area contributed by atoms with Gasteiger partial charge in [0.15, 0.2) is 0 Å². The van der Waals surface area contributed by atoms with Crippen LogP contribution < -0.4 is 16.0 Å². The Hall–Kier alpha value is -2.05. The van der Waals surface area contributed by atoms with E-state index in [0.29, 0.717) is 18.9 Å². The Kier molecular flexibility index (Phi) is 6.55. The van der Waals surface area contributed by atoms with Gasteiger partial charge in [-0.05, 0) is 13.3 Å². The average molecular weight is 280 g/mol. The Morgan fingerprint density at radius 3 is 2.30 bits per heavy atom. The number of aromatic nitrogens is 2. The van der Waals surface area contributed by atoms with E-state index >= 15 is 0 Å². The standard InChI is InChI=1S/C13H24N6O/c1-5-6-14-11-9-12(18-10(2)17-11)15-7-8-16-13(20)19(3)4/h9H,5-8H2,1-4H3,(H,16,20)(H2,14,15,17,18). The van der Waals surface area contributed by atoms with Gasteiger partial charge in [0.1, 0.15) is 17.5 Å². The normalized spacial score (nSPS) is 10.0. The molecule has 0 atom stereocenters. The Balaban J connectivity index is 2.43. The van der Waals surface area contributed by atoms with E-state index in [1.54, 1.807) is 14.1 Å². The van der Waals surface area contributed by atoms with Gasteiger partial charge in [0.25, 0.3) is 0 Å². The maximum absolute atomic E-state index is 11.3. The number of nitrogens with zero attached hydrogens (tertiary/aromatic N) is 3. The molecule has 0 fully saturated rings. The number of urea groups is 1. The van der Waals surface area contributed by atoms with E-state index in [1.165, 1.54) is 4.90 Å². The predicted octanol–water partition coefficient (Wildman–Crippen LogP) is 1.29. The third-order valence-corrected chi connectivity index (χ3v) is 2.51. The van der Waals surface area contributed by atoms with E-state index in [-0.39, 0.29) is 6.03 Å². The highest BCUT2D eigenvalue weighted by atomic mass is 16.2. The molecule has 0 aliphatic rings. The van der Waals surface area contributed by atoms with Crippen LogP contribution in [0.25, 0.3) is 0 Å². The number of aryl methyl sites for hydroxylation is 1. The SMILES string of the molecule is CCCNc1cc(NCCNC(=O)N(C)C)nc(C)n1. The third kappa shape index (κ3) is 5.73. The number of hydrogen-bond acceptors (Lipinski definition) is 5. The summed E-state index contributed by atoms with van der Waals surface area (Å²) in [5.41, 5.74) is 0. The number of amides is 2. The maximum atomic E-state index is 11.3. The summed E-state index contributed by atoms with van der Waals surface area (Å²) in [5.74, 6) is 2.29. The lowest BCUT2D eigenvalue weighted by Crippen LogP contribution is -2.37. The molecular formula is C13H24N6O. The molecule has 0 aromatic carbocycles. The van der Waals surface area contributed by atoms with Crippen LogP contribution in [0.15, 0.2) is 6.07 Å². The lowest BCUT2D eigenvalue weighted by molar-refractivity contribution is 0.218. The zero-order valence-electron chi connectivity index (χ0n) is 12.7. The zero-order chi connectivity index (χ0) is 15.0. The summed E-state index contributed by atoms with van der Waals surface area (Å²) in [6.45, 7) is 6.00. The number of nitrogens with one attached hydrogen (secondary N) is 3. The quantitative estimate of drug-likeness (QED) is 0.656. The van der Waals surface area contributed by atoms with Crippen LogP contribution in [0.4, 0.5) is 16.4 Å². The second-order valence-corrected chi connectivity index (χ2v) is 4.67. The van der Waals surface area contributed by atoms with Gasteiger partial charge in [-0.1, -0.05) is 6.92 Å². The van der Waals surface area contributed by atoms with Gasteiger partial charge >= 0.3 is 6.03 Å². The van der Waals surface area contributed by atoms with Crippen LogP contribution in [0.2, 0.25) is 0 Å². The van der Waals surface area contributed by atoms with Crippen LogP contribution in [0, 0.1) is 6.92 Å². The van der Waals surface area contributed by atoms with Gasteiger partial charge in [-0.2, -0.15) is 0 Å². The average Bonchev–Trinajstić information content (AvgIpc) is 2.40. The van der Waals surface area contributed by atoms with Crippen molar-refractivity contribution in [3.8, 4) is 0 Å². The van der Waals surface area contributed by atoms with Gasteiger partial charge in [-0.3, -0.25) is 0 Å². The van der Waals surface area contributed by atoms with Crippen LogP contribution in [0.5, 0.6) is 0 Å². The smallest absolute Gasteiger partial charge is 0.316 e. The molecule has 0 aliphatic carbocycles. The van der Waals surface area contributed by atoms with E-state index in [0.717, 1.165) is 24.6 Å². The summed E-state index contributed by atoms with van der Waals surface area (Å²) in [7, 11) is 3.42. The summed E-state index contributed by atoms with van der Waals surface area (Å²) in [5, 5.41) is 9.19. The molecule has 0 bridgehead atoms. The first-order valence-corrected chi connectivity index (χ1v) is 6.81. The minimum absolute atomic E-state index is 0.101. The highest BCUT2D eigenvalue weighted by Gasteiger charge is 2.03. The summed E-state index contributed by atoms with van der Waals surface area (Å²) < 4.78 is 0.